The first-order valence-corrected chi connectivity index (χ1v) is 4.99. The van der Waals surface area contributed by atoms with Gasteiger partial charge in [0.05, 0.1) is 6.10 Å². The molecule has 0 amide bonds. The Morgan fingerprint density at radius 2 is 1.93 bits per heavy atom. The van der Waals surface area contributed by atoms with Crippen LogP contribution in [0, 0.1) is 13.8 Å². The minimum Gasteiger partial charge on any atom is -0.388 e. The molecule has 0 spiro atoms. The minimum atomic E-state index is -0.470. The highest BCUT2D eigenvalue weighted by Gasteiger charge is 2.08. The maximum atomic E-state index is 9.75. The molecule has 1 rings (SSSR count). The van der Waals surface area contributed by atoms with Gasteiger partial charge < -0.3 is 5.11 Å². The fourth-order valence-electron chi connectivity index (χ4n) is 1.47. The van der Waals surface area contributed by atoms with Crippen molar-refractivity contribution in [2.75, 3.05) is 0 Å². The van der Waals surface area contributed by atoms with Crippen LogP contribution in [0.5, 0.6) is 0 Å². The molecule has 2 heteroatoms. The SMILES string of the molecule is C=CC[C@H](O)c1cc(C)c(Cl)c(C)c1. The molecule has 1 N–H and O–H groups in total. The van der Waals surface area contributed by atoms with Gasteiger partial charge in [-0.2, -0.15) is 0 Å². The second kappa shape index (κ2) is 4.63. The fraction of sp³-hybridized carbons (Fsp3) is 0.333. The molecule has 0 unspecified atom stereocenters. The summed E-state index contributed by atoms with van der Waals surface area (Å²) in [6.07, 6.45) is 1.81. The zero-order valence-corrected chi connectivity index (χ0v) is 9.30. The van der Waals surface area contributed by atoms with E-state index in [2.05, 4.69) is 6.58 Å². The van der Waals surface area contributed by atoms with Gasteiger partial charge in [0, 0.05) is 5.02 Å². The first-order chi connectivity index (χ1) is 6.56. The van der Waals surface area contributed by atoms with Crippen molar-refractivity contribution < 1.29 is 5.11 Å². The van der Waals surface area contributed by atoms with E-state index in [4.69, 9.17) is 11.6 Å². The van der Waals surface area contributed by atoms with Crippen molar-refractivity contribution >= 4 is 11.6 Å². The maximum absolute atomic E-state index is 9.75. The van der Waals surface area contributed by atoms with Gasteiger partial charge in [0.2, 0.25) is 0 Å². The van der Waals surface area contributed by atoms with Crippen molar-refractivity contribution in [1.29, 1.82) is 0 Å². The molecule has 1 atom stereocenters. The Kier molecular flexibility index (Phi) is 3.73. The molecule has 0 aliphatic carbocycles. The van der Waals surface area contributed by atoms with Gasteiger partial charge in [-0.1, -0.05) is 29.8 Å². The lowest BCUT2D eigenvalue weighted by molar-refractivity contribution is 0.181. The lowest BCUT2D eigenvalue weighted by Crippen LogP contribution is -1.97. The number of hydrogen-bond acceptors (Lipinski definition) is 1. The van der Waals surface area contributed by atoms with Crippen molar-refractivity contribution in [1.82, 2.24) is 0 Å². The smallest absolute Gasteiger partial charge is 0.0824 e. The molecular formula is C12H15ClO. The van der Waals surface area contributed by atoms with E-state index in [0.29, 0.717) is 6.42 Å². The highest BCUT2D eigenvalue weighted by molar-refractivity contribution is 6.32. The van der Waals surface area contributed by atoms with Gasteiger partial charge in [-0.25, -0.2) is 0 Å². The van der Waals surface area contributed by atoms with Crippen molar-refractivity contribution in [3.05, 3.63) is 46.5 Å². The number of benzene rings is 1. The molecule has 1 aromatic carbocycles. The molecule has 14 heavy (non-hydrogen) atoms. The summed E-state index contributed by atoms with van der Waals surface area (Å²) < 4.78 is 0. The van der Waals surface area contributed by atoms with E-state index >= 15 is 0 Å². The van der Waals surface area contributed by atoms with Crippen LogP contribution in [0.3, 0.4) is 0 Å². The van der Waals surface area contributed by atoms with Crippen LogP contribution in [0.15, 0.2) is 24.8 Å². The summed E-state index contributed by atoms with van der Waals surface area (Å²) in [4.78, 5) is 0. The summed E-state index contributed by atoms with van der Waals surface area (Å²) in [5.41, 5.74) is 2.92. The molecule has 0 aliphatic rings. The van der Waals surface area contributed by atoms with Crippen LogP contribution in [0.25, 0.3) is 0 Å². The van der Waals surface area contributed by atoms with Crippen molar-refractivity contribution in [2.45, 2.75) is 26.4 Å². The predicted molar refractivity (Wildman–Crippen MR) is 60.7 cm³/mol. The van der Waals surface area contributed by atoms with E-state index in [1.807, 2.05) is 26.0 Å². The molecule has 0 fully saturated rings. The van der Waals surface area contributed by atoms with Crippen LogP contribution in [-0.2, 0) is 0 Å². The van der Waals surface area contributed by atoms with E-state index in [1.54, 1.807) is 6.08 Å². The van der Waals surface area contributed by atoms with Crippen LogP contribution < -0.4 is 0 Å². The molecular weight excluding hydrogens is 196 g/mol. The van der Waals surface area contributed by atoms with Crippen LogP contribution >= 0.6 is 11.6 Å². The normalized spacial score (nSPS) is 12.6. The molecule has 1 nitrogen and oxygen atoms in total. The zero-order valence-electron chi connectivity index (χ0n) is 8.55. The maximum Gasteiger partial charge on any atom is 0.0824 e. The molecule has 0 bridgehead atoms. The monoisotopic (exact) mass is 210 g/mol. The van der Waals surface area contributed by atoms with E-state index in [9.17, 15) is 5.11 Å². The Morgan fingerprint density at radius 3 is 2.36 bits per heavy atom. The minimum absolute atomic E-state index is 0.470. The second-order valence-electron chi connectivity index (χ2n) is 3.51. The van der Waals surface area contributed by atoms with Crippen molar-refractivity contribution in [3.63, 3.8) is 0 Å². The highest BCUT2D eigenvalue weighted by atomic mass is 35.5. The third kappa shape index (κ3) is 2.37. The standard InChI is InChI=1S/C12H15ClO/c1-4-5-11(14)10-6-8(2)12(13)9(3)7-10/h4,6-7,11,14H,1,5H2,2-3H3/t11-/m0/s1. The fourth-order valence-corrected chi connectivity index (χ4v) is 1.57. The molecule has 0 aliphatic heterocycles. The van der Waals surface area contributed by atoms with Gasteiger partial charge in [0.25, 0.3) is 0 Å². The average Bonchev–Trinajstić information content (AvgIpc) is 2.13. The number of rotatable bonds is 3. The molecule has 76 valence electrons. The van der Waals surface area contributed by atoms with Crippen molar-refractivity contribution in [3.8, 4) is 0 Å². The Bertz CT molecular complexity index is 321. The van der Waals surface area contributed by atoms with E-state index in [0.717, 1.165) is 21.7 Å². The third-order valence-corrected chi connectivity index (χ3v) is 2.83. The first-order valence-electron chi connectivity index (χ1n) is 4.62. The van der Waals surface area contributed by atoms with E-state index in [-0.39, 0.29) is 0 Å². The predicted octanol–water partition coefficient (Wildman–Crippen LogP) is 3.57. The Balaban J connectivity index is 3.05. The largest absolute Gasteiger partial charge is 0.388 e. The summed E-state index contributed by atoms with van der Waals surface area (Å²) >= 11 is 6.03. The molecule has 0 saturated heterocycles. The van der Waals surface area contributed by atoms with Gasteiger partial charge in [0.15, 0.2) is 0 Å². The molecule has 0 radical (unpaired) electrons. The lowest BCUT2D eigenvalue weighted by atomic mass is 10.0. The zero-order chi connectivity index (χ0) is 10.7. The quantitative estimate of drug-likeness (QED) is 0.757. The Hall–Kier alpha value is -0.790. The van der Waals surface area contributed by atoms with Crippen LogP contribution in [-0.4, -0.2) is 5.11 Å². The summed E-state index contributed by atoms with van der Waals surface area (Å²) in [6, 6.07) is 3.84. The number of aryl methyl sites for hydroxylation is 2. The van der Waals surface area contributed by atoms with Crippen LogP contribution in [0.1, 0.15) is 29.2 Å². The summed E-state index contributed by atoms with van der Waals surface area (Å²) in [7, 11) is 0. The Morgan fingerprint density at radius 1 is 1.43 bits per heavy atom. The summed E-state index contributed by atoms with van der Waals surface area (Å²) in [5, 5.41) is 10.5. The number of aliphatic hydroxyl groups is 1. The lowest BCUT2D eigenvalue weighted by Gasteiger charge is -2.12. The van der Waals surface area contributed by atoms with Crippen molar-refractivity contribution in [2.24, 2.45) is 0 Å². The summed E-state index contributed by atoms with van der Waals surface area (Å²) in [6.45, 7) is 7.49. The van der Waals surface area contributed by atoms with Gasteiger partial charge in [-0.3, -0.25) is 0 Å². The van der Waals surface area contributed by atoms with E-state index < -0.39 is 6.10 Å². The number of halogens is 1. The molecule has 1 aromatic rings. The number of hydrogen-bond donors (Lipinski definition) is 1. The van der Waals surface area contributed by atoms with Gasteiger partial charge in [-0.15, -0.1) is 6.58 Å². The number of aliphatic hydroxyl groups excluding tert-OH is 1. The average molecular weight is 211 g/mol. The third-order valence-electron chi connectivity index (χ3n) is 2.23. The topological polar surface area (TPSA) is 20.2 Å². The highest BCUT2D eigenvalue weighted by Crippen LogP contribution is 2.26. The Labute approximate surface area is 90.0 Å². The second-order valence-corrected chi connectivity index (χ2v) is 3.89. The van der Waals surface area contributed by atoms with Gasteiger partial charge in [-0.05, 0) is 37.0 Å². The van der Waals surface area contributed by atoms with Crippen LogP contribution in [0.2, 0.25) is 5.02 Å². The van der Waals surface area contributed by atoms with Gasteiger partial charge in [0.1, 0.15) is 0 Å². The van der Waals surface area contributed by atoms with Crippen LogP contribution in [0.4, 0.5) is 0 Å². The summed E-state index contributed by atoms with van der Waals surface area (Å²) in [5.74, 6) is 0. The molecule has 0 saturated carbocycles. The molecule has 0 heterocycles. The first kappa shape index (κ1) is 11.3. The van der Waals surface area contributed by atoms with E-state index in [1.165, 1.54) is 0 Å². The van der Waals surface area contributed by atoms with Gasteiger partial charge >= 0.3 is 0 Å². The molecule has 0 aromatic heterocycles.